The molecule has 1 atom stereocenters. The fourth-order valence-electron chi connectivity index (χ4n) is 2.42. The molecule has 1 aliphatic heterocycles. The standard InChI is InChI=1S/C14H15BrN2O2/c1-17-7-12(16-8-17)13(18)6-10-5-11(15)4-9-2-3-19-14(9)10/h4-5,7-8,13,18H,2-3,6H2,1H3. The number of fused-ring (bicyclic) bond motifs is 1. The van der Waals surface area contributed by atoms with Crippen molar-refractivity contribution in [2.75, 3.05) is 6.61 Å². The average Bonchev–Trinajstić information content (AvgIpc) is 2.97. The summed E-state index contributed by atoms with van der Waals surface area (Å²) in [7, 11) is 1.89. The van der Waals surface area contributed by atoms with Crippen molar-refractivity contribution in [3.63, 3.8) is 0 Å². The lowest BCUT2D eigenvalue weighted by Gasteiger charge is -2.12. The molecule has 3 rings (SSSR count). The van der Waals surface area contributed by atoms with Crippen molar-refractivity contribution in [1.82, 2.24) is 9.55 Å². The zero-order valence-electron chi connectivity index (χ0n) is 10.6. The number of halogens is 1. The Labute approximate surface area is 120 Å². The number of nitrogens with zero attached hydrogens (tertiary/aromatic N) is 2. The molecule has 0 saturated carbocycles. The van der Waals surface area contributed by atoms with Gasteiger partial charge >= 0.3 is 0 Å². The Bertz CT molecular complexity index is 609. The Morgan fingerprint density at radius 2 is 2.37 bits per heavy atom. The monoisotopic (exact) mass is 322 g/mol. The van der Waals surface area contributed by atoms with E-state index in [9.17, 15) is 5.11 Å². The lowest BCUT2D eigenvalue weighted by atomic mass is 10.0. The largest absolute Gasteiger partial charge is 0.493 e. The van der Waals surface area contributed by atoms with E-state index in [1.165, 1.54) is 5.56 Å². The number of aliphatic hydroxyl groups excluding tert-OH is 1. The van der Waals surface area contributed by atoms with Gasteiger partial charge in [0.1, 0.15) is 11.9 Å². The second-order valence-corrected chi connectivity index (χ2v) is 5.75. The van der Waals surface area contributed by atoms with Gasteiger partial charge in [-0.25, -0.2) is 4.98 Å². The van der Waals surface area contributed by atoms with Crippen LogP contribution < -0.4 is 4.74 Å². The van der Waals surface area contributed by atoms with Gasteiger partial charge in [0.05, 0.1) is 18.6 Å². The number of aryl methyl sites for hydroxylation is 1. The normalized spacial score (nSPS) is 15.1. The summed E-state index contributed by atoms with van der Waals surface area (Å²) in [6.07, 6.45) is 4.37. The van der Waals surface area contributed by atoms with Crippen molar-refractivity contribution >= 4 is 15.9 Å². The number of benzene rings is 1. The van der Waals surface area contributed by atoms with Crippen molar-refractivity contribution < 1.29 is 9.84 Å². The van der Waals surface area contributed by atoms with Gasteiger partial charge < -0.3 is 14.4 Å². The highest BCUT2D eigenvalue weighted by Crippen LogP contribution is 2.35. The van der Waals surface area contributed by atoms with E-state index in [0.717, 1.165) is 28.8 Å². The molecule has 0 spiro atoms. The third-order valence-corrected chi connectivity index (χ3v) is 3.76. The molecule has 5 heteroatoms. The van der Waals surface area contributed by atoms with Gasteiger partial charge in [-0.15, -0.1) is 0 Å². The lowest BCUT2D eigenvalue weighted by molar-refractivity contribution is 0.172. The third-order valence-electron chi connectivity index (χ3n) is 3.30. The van der Waals surface area contributed by atoms with Crippen LogP contribution in [-0.2, 0) is 19.9 Å². The van der Waals surface area contributed by atoms with Gasteiger partial charge in [0.25, 0.3) is 0 Å². The van der Waals surface area contributed by atoms with Crippen LogP contribution in [0.1, 0.15) is 22.9 Å². The molecule has 4 nitrogen and oxygen atoms in total. The van der Waals surface area contributed by atoms with E-state index < -0.39 is 6.10 Å². The maximum atomic E-state index is 10.3. The van der Waals surface area contributed by atoms with Crippen LogP contribution in [0.15, 0.2) is 29.1 Å². The maximum absolute atomic E-state index is 10.3. The molecule has 1 aromatic heterocycles. The Kier molecular flexibility index (Phi) is 3.33. The highest BCUT2D eigenvalue weighted by atomic mass is 79.9. The fourth-order valence-corrected chi connectivity index (χ4v) is 2.97. The van der Waals surface area contributed by atoms with Gasteiger partial charge in [-0.2, -0.15) is 0 Å². The predicted molar refractivity (Wildman–Crippen MR) is 75.2 cm³/mol. The van der Waals surface area contributed by atoms with E-state index in [0.29, 0.717) is 12.1 Å². The zero-order chi connectivity index (χ0) is 13.4. The summed E-state index contributed by atoms with van der Waals surface area (Å²) in [5, 5.41) is 10.3. The number of imidazole rings is 1. The van der Waals surface area contributed by atoms with Gasteiger partial charge in [0.15, 0.2) is 0 Å². The molecule has 1 unspecified atom stereocenters. The quantitative estimate of drug-likeness (QED) is 0.943. The van der Waals surface area contributed by atoms with Gasteiger partial charge in [0, 0.05) is 30.6 Å². The second kappa shape index (κ2) is 4.98. The fraction of sp³-hybridized carbons (Fsp3) is 0.357. The number of hydrogen-bond acceptors (Lipinski definition) is 3. The average molecular weight is 323 g/mol. The summed E-state index contributed by atoms with van der Waals surface area (Å²) in [4.78, 5) is 4.19. The number of ether oxygens (including phenoxy) is 1. The summed E-state index contributed by atoms with van der Waals surface area (Å²) in [6.45, 7) is 0.721. The second-order valence-electron chi connectivity index (χ2n) is 4.84. The van der Waals surface area contributed by atoms with E-state index in [-0.39, 0.29) is 0 Å². The molecular formula is C14H15BrN2O2. The van der Waals surface area contributed by atoms with Crippen LogP contribution in [0.4, 0.5) is 0 Å². The molecule has 2 aromatic rings. The first-order valence-electron chi connectivity index (χ1n) is 6.23. The highest BCUT2D eigenvalue weighted by molar-refractivity contribution is 9.10. The smallest absolute Gasteiger partial charge is 0.125 e. The SMILES string of the molecule is Cn1cnc(C(O)Cc2cc(Br)cc3c2OCC3)c1. The first-order valence-corrected chi connectivity index (χ1v) is 7.03. The summed E-state index contributed by atoms with van der Waals surface area (Å²) >= 11 is 3.51. The van der Waals surface area contributed by atoms with Crippen LogP contribution in [0.3, 0.4) is 0 Å². The number of aliphatic hydroxyl groups is 1. The molecular weight excluding hydrogens is 308 g/mol. The molecule has 0 saturated heterocycles. The molecule has 100 valence electrons. The van der Waals surface area contributed by atoms with Crippen molar-refractivity contribution in [2.24, 2.45) is 7.05 Å². The third kappa shape index (κ3) is 2.53. The molecule has 1 aromatic carbocycles. The first-order chi connectivity index (χ1) is 9.13. The molecule has 0 bridgehead atoms. The van der Waals surface area contributed by atoms with Crippen LogP contribution >= 0.6 is 15.9 Å². The summed E-state index contributed by atoms with van der Waals surface area (Å²) in [5.74, 6) is 0.929. The molecule has 1 aliphatic rings. The molecule has 0 aliphatic carbocycles. The summed E-state index contributed by atoms with van der Waals surface area (Å²) in [6, 6.07) is 4.09. The van der Waals surface area contributed by atoms with Gasteiger partial charge in [0.2, 0.25) is 0 Å². The van der Waals surface area contributed by atoms with Gasteiger partial charge in [-0.3, -0.25) is 0 Å². The lowest BCUT2D eigenvalue weighted by Crippen LogP contribution is -2.04. The molecule has 19 heavy (non-hydrogen) atoms. The van der Waals surface area contributed by atoms with Crippen molar-refractivity contribution in [1.29, 1.82) is 0 Å². The van der Waals surface area contributed by atoms with Crippen molar-refractivity contribution in [2.45, 2.75) is 18.9 Å². The Morgan fingerprint density at radius 3 is 3.11 bits per heavy atom. The number of hydrogen-bond donors (Lipinski definition) is 1. The van der Waals surface area contributed by atoms with Crippen LogP contribution in [0.5, 0.6) is 5.75 Å². The van der Waals surface area contributed by atoms with E-state index in [1.54, 1.807) is 6.33 Å². The Balaban J connectivity index is 1.87. The minimum Gasteiger partial charge on any atom is -0.493 e. The molecule has 1 N–H and O–H groups in total. The Hall–Kier alpha value is -1.33. The van der Waals surface area contributed by atoms with Crippen LogP contribution in [-0.4, -0.2) is 21.3 Å². The molecule has 2 heterocycles. The first kappa shape index (κ1) is 12.7. The van der Waals surface area contributed by atoms with Crippen LogP contribution in [0.25, 0.3) is 0 Å². The van der Waals surface area contributed by atoms with Gasteiger partial charge in [-0.05, 0) is 23.3 Å². The molecule has 0 radical (unpaired) electrons. The summed E-state index contributed by atoms with van der Waals surface area (Å²) < 4.78 is 8.53. The zero-order valence-corrected chi connectivity index (χ0v) is 12.2. The molecule has 0 fully saturated rings. The van der Waals surface area contributed by atoms with E-state index in [2.05, 4.69) is 27.0 Å². The summed E-state index contributed by atoms with van der Waals surface area (Å²) in [5.41, 5.74) is 2.92. The predicted octanol–water partition coefficient (Wildman–Crippen LogP) is 2.39. The number of rotatable bonds is 3. The highest BCUT2D eigenvalue weighted by Gasteiger charge is 2.20. The minimum absolute atomic E-state index is 0.513. The minimum atomic E-state index is -0.608. The molecule has 0 amide bonds. The van der Waals surface area contributed by atoms with E-state index in [1.807, 2.05) is 23.9 Å². The van der Waals surface area contributed by atoms with Gasteiger partial charge in [-0.1, -0.05) is 15.9 Å². The Morgan fingerprint density at radius 1 is 1.53 bits per heavy atom. The van der Waals surface area contributed by atoms with Crippen LogP contribution in [0, 0.1) is 0 Å². The van der Waals surface area contributed by atoms with E-state index in [4.69, 9.17) is 4.74 Å². The number of aromatic nitrogens is 2. The van der Waals surface area contributed by atoms with Crippen molar-refractivity contribution in [3.8, 4) is 5.75 Å². The maximum Gasteiger partial charge on any atom is 0.125 e. The van der Waals surface area contributed by atoms with Crippen LogP contribution in [0.2, 0.25) is 0 Å². The van der Waals surface area contributed by atoms with E-state index >= 15 is 0 Å². The van der Waals surface area contributed by atoms with Crippen molar-refractivity contribution in [3.05, 3.63) is 46.0 Å². The topological polar surface area (TPSA) is 47.3 Å².